The lowest BCUT2D eigenvalue weighted by Crippen LogP contribution is -2.33. The van der Waals surface area contributed by atoms with Gasteiger partial charge in [0, 0.05) is 12.6 Å². The fourth-order valence-electron chi connectivity index (χ4n) is 2.95. The normalized spacial score (nSPS) is 12.0. The summed E-state index contributed by atoms with van der Waals surface area (Å²) in [6.07, 6.45) is -3.61. The molecule has 0 saturated carbocycles. The number of ketones is 1. The van der Waals surface area contributed by atoms with E-state index in [1.165, 1.54) is 35.2 Å². The van der Waals surface area contributed by atoms with Crippen molar-refractivity contribution in [3.05, 3.63) is 77.3 Å². The molecule has 0 aliphatic rings. The molecule has 0 amide bonds. The first-order valence-electron chi connectivity index (χ1n) is 9.27. The Balaban J connectivity index is 1.93. The Bertz CT molecular complexity index is 1220. The van der Waals surface area contributed by atoms with Gasteiger partial charge in [0.1, 0.15) is 23.3 Å². The lowest BCUT2D eigenvalue weighted by Gasteiger charge is -2.14. The van der Waals surface area contributed by atoms with E-state index >= 15 is 0 Å². The average molecular weight is 484 g/mol. The van der Waals surface area contributed by atoms with Crippen LogP contribution < -0.4 is 4.72 Å². The minimum atomic E-state index is -4.70. The van der Waals surface area contributed by atoms with Crippen molar-refractivity contribution in [1.29, 1.82) is 0 Å². The number of hydrogen-bond acceptors (Lipinski definition) is 5. The third-order valence-electron chi connectivity index (χ3n) is 4.35. The number of nitrogens with zero attached hydrogens (tertiary/aromatic N) is 2. The third kappa shape index (κ3) is 6.59. The molecule has 168 valence electrons. The molecule has 1 aromatic heterocycles. The van der Waals surface area contributed by atoms with Gasteiger partial charge in [0.2, 0.25) is 10.0 Å². The molecule has 0 unspecified atom stereocenters. The predicted molar refractivity (Wildman–Crippen MR) is 113 cm³/mol. The monoisotopic (exact) mass is 483 g/mol. The van der Waals surface area contributed by atoms with E-state index in [0.29, 0.717) is 11.1 Å². The van der Waals surface area contributed by atoms with E-state index in [1.54, 1.807) is 30.3 Å². The minimum absolute atomic E-state index is 0.141. The molecule has 32 heavy (non-hydrogen) atoms. The molecule has 6 nitrogen and oxygen atoms in total. The summed E-state index contributed by atoms with van der Waals surface area (Å²) in [6, 6.07) is 14.2. The van der Waals surface area contributed by atoms with E-state index in [4.69, 9.17) is 11.6 Å². The van der Waals surface area contributed by atoms with Gasteiger partial charge < -0.3 is 0 Å². The summed E-state index contributed by atoms with van der Waals surface area (Å²) in [5.41, 5.74) is 1.65. The average Bonchev–Trinajstić information content (AvgIpc) is 2.72. The molecule has 0 aliphatic carbocycles. The van der Waals surface area contributed by atoms with Gasteiger partial charge in [0.15, 0.2) is 0 Å². The first-order valence-corrected chi connectivity index (χ1v) is 11.1. The van der Waals surface area contributed by atoms with Crippen LogP contribution in [0.15, 0.2) is 65.7 Å². The number of carbonyl (C=O) groups excluding carboxylic acids is 1. The van der Waals surface area contributed by atoms with Gasteiger partial charge in [-0.2, -0.15) is 13.2 Å². The number of carbonyl (C=O) groups is 1. The molecule has 1 heterocycles. The topological polar surface area (TPSA) is 89.0 Å². The zero-order chi connectivity index (χ0) is 23.4. The maximum absolute atomic E-state index is 12.7. The van der Waals surface area contributed by atoms with Crippen molar-refractivity contribution in [1.82, 2.24) is 14.7 Å². The van der Waals surface area contributed by atoms with Crippen molar-refractivity contribution in [3.8, 4) is 11.1 Å². The van der Waals surface area contributed by atoms with E-state index in [-0.39, 0.29) is 34.5 Å². The van der Waals surface area contributed by atoms with Gasteiger partial charge in [0.05, 0.1) is 11.3 Å². The maximum Gasteiger partial charge on any atom is 0.402 e. The summed E-state index contributed by atoms with van der Waals surface area (Å²) in [5, 5.41) is 0.177. The summed E-state index contributed by atoms with van der Waals surface area (Å²) in [6.45, 7) is -1.70. The quantitative estimate of drug-likeness (QED) is 0.489. The molecule has 0 atom stereocenters. The van der Waals surface area contributed by atoms with Crippen molar-refractivity contribution >= 4 is 27.4 Å². The van der Waals surface area contributed by atoms with Crippen molar-refractivity contribution in [3.63, 3.8) is 0 Å². The molecule has 0 radical (unpaired) electrons. The molecule has 11 heteroatoms. The van der Waals surface area contributed by atoms with E-state index in [0.717, 1.165) is 5.56 Å². The zero-order valence-electron chi connectivity index (χ0n) is 16.4. The summed E-state index contributed by atoms with van der Waals surface area (Å²) < 4.78 is 63.7. The van der Waals surface area contributed by atoms with Crippen molar-refractivity contribution < 1.29 is 26.4 Å². The van der Waals surface area contributed by atoms with Gasteiger partial charge in [-0.3, -0.25) is 4.79 Å². The van der Waals surface area contributed by atoms with Crippen LogP contribution in [0.5, 0.6) is 0 Å². The van der Waals surface area contributed by atoms with Crippen LogP contribution in [-0.2, 0) is 27.7 Å². The van der Waals surface area contributed by atoms with E-state index in [9.17, 15) is 26.4 Å². The van der Waals surface area contributed by atoms with Gasteiger partial charge >= 0.3 is 6.18 Å². The Morgan fingerprint density at radius 2 is 1.75 bits per heavy atom. The first kappa shape index (κ1) is 23.8. The molecule has 0 saturated heterocycles. The van der Waals surface area contributed by atoms with Crippen LogP contribution in [0.3, 0.4) is 0 Å². The largest absolute Gasteiger partial charge is 0.402 e. The smallest absolute Gasteiger partial charge is 0.299 e. The Labute approximate surface area is 187 Å². The molecular formula is C21H17ClF3N3O3S. The van der Waals surface area contributed by atoms with Crippen LogP contribution in [0.25, 0.3) is 11.1 Å². The number of benzene rings is 2. The van der Waals surface area contributed by atoms with Gasteiger partial charge in [-0.1, -0.05) is 48.0 Å². The predicted octanol–water partition coefficient (Wildman–Crippen LogP) is 3.99. The second-order valence-corrected chi connectivity index (χ2v) is 8.97. The number of halogens is 4. The number of nitrogens with one attached hydrogen (secondary N) is 1. The summed E-state index contributed by atoms with van der Waals surface area (Å²) in [7, 11) is -4.44. The SMILES string of the molecule is O=C(Cc1nccc(Cl)n1)Cc1cc(S(=O)(=O)NCC(F)(F)F)ccc1-c1ccccc1. The Hall–Kier alpha value is -2.82. The maximum atomic E-state index is 12.7. The van der Waals surface area contributed by atoms with Gasteiger partial charge in [-0.25, -0.2) is 23.1 Å². The molecule has 0 aliphatic heterocycles. The van der Waals surface area contributed by atoms with Crippen LogP contribution in [0, 0.1) is 0 Å². The number of Topliss-reactive ketones (excluding diaryl/α,β-unsaturated/α-hetero) is 1. The third-order valence-corrected chi connectivity index (χ3v) is 5.96. The summed E-state index contributed by atoms with van der Waals surface area (Å²) in [5.74, 6) is -0.110. The summed E-state index contributed by atoms with van der Waals surface area (Å²) >= 11 is 5.81. The standard InChI is InChI=1S/C21H17ClF3N3O3S/c22-19-8-9-26-20(28-19)12-16(29)10-15-11-17(32(30,31)27-13-21(23,24)25)6-7-18(15)14-4-2-1-3-5-14/h1-9,11,27H,10,12-13H2. The highest BCUT2D eigenvalue weighted by molar-refractivity contribution is 7.89. The molecule has 0 fully saturated rings. The highest BCUT2D eigenvalue weighted by Gasteiger charge is 2.30. The fourth-order valence-corrected chi connectivity index (χ4v) is 4.17. The molecule has 3 rings (SSSR count). The van der Waals surface area contributed by atoms with E-state index < -0.39 is 22.7 Å². The van der Waals surface area contributed by atoms with Gasteiger partial charge in [-0.05, 0) is 34.9 Å². The molecule has 2 aromatic carbocycles. The second kappa shape index (κ2) is 9.76. The number of hydrogen-bond donors (Lipinski definition) is 1. The Morgan fingerprint density at radius 1 is 1.03 bits per heavy atom. The number of rotatable bonds is 8. The van der Waals surface area contributed by atoms with Crippen molar-refractivity contribution in [2.75, 3.05) is 6.54 Å². The molecule has 0 spiro atoms. The van der Waals surface area contributed by atoms with Crippen LogP contribution in [0.2, 0.25) is 5.15 Å². The van der Waals surface area contributed by atoms with Crippen LogP contribution >= 0.6 is 11.6 Å². The van der Waals surface area contributed by atoms with E-state index in [1.807, 2.05) is 0 Å². The highest BCUT2D eigenvalue weighted by atomic mass is 35.5. The molecule has 1 N–H and O–H groups in total. The first-order chi connectivity index (χ1) is 15.0. The minimum Gasteiger partial charge on any atom is -0.299 e. The molecule has 3 aromatic rings. The molecular weight excluding hydrogens is 467 g/mol. The second-order valence-electron chi connectivity index (χ2n) is 6.81. The Morgan fingerprint density at radius 3 is 2.41 bits per heavy atom. The zero-order valence-corrected chi connectivity index (χ0v) is 18.0. The van der Waals surface area contributed by atoms with Crippen LogP contribution in [-0.4, -0.2) is 36.9 Å². The number of alkyl halides is 3. The number of sulfonamides is 1. The highest BCUT2D eigenvalue weighted by Crippen LogP contribution is 2.27. The van der Waals surface area contributed by atoms with Crippen LogP contribution in [0.4, 0.5) is 13.2 Å². The van der Waals surface area contributed by atoms with Crippen molar-refractivity contribution in [2.24, 2.45) is 0 Å². The number of aromatic nitrogens is 2. The lowest BCUT2D eigenvalue weighted by molar-refractivity contribution is -0.121. The van der Waals surface area contributed by atoms with E-state index in [2.05, 4.69) is 9.97 Å². The molecule has 0 bridgehead atoms. The lowest BCUT2D eigenvalue weighted by atomic mass is 9.95. The summed E-state index contributed by atoms with van der Waals surface area (Å²) in [4.78, 5) is 20.2. The Kier molecular flexibility index (Phi) is 7.27. The van der Waals surface area contributed by atoms with Crippen molar-refractivity contribution in [2.45, 2.75) is 23.9 Å². The van der Waals surface area contributed by atoms with Gasteiger partial charge in [0.25, 0.3) is 0 Å². The van der Waals surface area contributed by atoms with Crippen LogP contribution in [0.1, 0.15) is 11.4 Å². The van der Waals surface area contributed by atoms with Gasteiger partial charge in [-0.15, -0.1) is 0 Å². The fraction of sp³-hybridized carbons (Fsp3) is 0.190.